The number of aryl methyl sites for hydroxylation is 1. The van der Waals surface area contributed by atoms with Gasteiger partial charge in [-0.1, -0.05) is 12.1 Å². The lowest BCUT2D eigenvalue weighted by Crippen LogP contribution is -2.40. The minimum absolute atomic E-state index is 0.0431. The Morgan fingerprint density at radius 1 is 1.44 bits per heavy atom. The van der Waals surface area contributed by atoms with Gasteiger partial charge in [0.1, 0.15) is 6.04 Å². The van der Waals surface area contributed by atoms with E-state index in [0.29, 0.717) is 0 Å². The summed E-state index contributed by atoms with van der Waals surface area (Å²) in [6.45, 7) is 3.53. The molecule has 0 heterocycles. The molecule has 1 unspecified atom stereocenters. The van der Waals surface area contributed by atoms with Crippen LogP contribution in [0.15, 0.2) is 24.3 Å². The van der Waals surface area contributed by atoms with Crippen LogP contribution in [0.1, 0.15) is 12.5 Å². The number of rotatable bonds is 5. The fraction of sp³-hybridized carbons (Fsp3) is 0.385. The average molecular weight is 250 g/mol. The molecule has 0 bridgehead atoms. The molecule has 0 aliphatic rings. The molecule has 0 aliphatic carbocycles. The minimum Gasteiger partial charge on any atom is -0.480 e. The van der Waals surface area contributed by atoms with Crippen LogP contribution in [-0.4, -0.2) is 41.5 Å². The van der Waals surface area contributed by atoms with E-state index in [9.17, 15) is 9.59 Å². The Bertz CT molecular complexity index is 446. The van der Waals surface area contributed by atoms with Gasteiger partial charge in [0, 0.05) is 5.69 Å². The van der Waals surface area contributed by atoms with Crippen LogP contribution in [0, 0.1) is 6.92 Å². The summed E-state index contributed by atoms with van der Waals surface area (Å²) >= 11 is 0. The Morgan fingerprint density at radius 2 is 2.11 bits per heavy atom. The summed E-state index contributed by atoms with van der Waals surface area (Å²) in [5.74, 6) is -1.17. The Balaban J connectivity index is 2.54. The van der Waals surface area contributed by atoms with Crippen molar-refractivity contribution in [1.82, 2.24) is 4.90 Å². The van der Waals surface area contributed by atoms with Crippen LogP contribution in [0.2, 0.25) is 0 Å². The van der Waals surface area contributed by atoms with Crippen molar-refractivity contribution in [1.29, 1.82) is 0 Å². The van der Waals surface area contributed by atoms with E-state index in [0.717, 1.165) is 11.3 Å². The van der Waals surface area contributed by atoms with Crippen molar-refractivity contribution in [3.63, 3.8) is 0 Å². The van der Waals surface area contributed by atoms with Gasteiger partial charge in [-0.25, -0.2) is 0 Å². The first-order valence-electron chi connectivity index (χ1n) is 5.69. The van der Waals surface area contributed by atoms with E-state index in [4.69, 9.17) is 5.11 Å². The maximum Gasteiger partial charge on any atom is 0.320 e. The highest BCUT2D eigenvalue weighted by Gasteiger charge is 2.18. The number of hydrogen-bond donors (Lipinski definition) is 2. The molecule has 98 valence electrons. The number of aliphatic carboxylic acids is 1. The number of carbonyl (C=O) groups excluding carboxylic acids is 1. The van der Waals surface area contributed by atoms with Crippen LogP contribution in [-0.2, 0) is 9.59 Å². The monoisotopic (exact) mass is 250 g/mol. The highest BCUT2D eigenvalue weighted by atomic mass is 16.4. The first kappa shape index (κ1) is 14.2. The maximum atomic E-state index is 11.7. The zero-order valence-corrected chi connectivity index (χ0v) is 10.8. The number of amides is 1. The fourth-order valence-corrected chi connectivity index (χ4v) is 1.48. The zero-order chi connectivity index (χ0) is 13.7. The Labute approximate surface area is 106 Å². The number of nitrogens with zero attached hydrogens (tertiary/aromatic N) is 1. The topological polar surface area (TPSA) is 69.6 Å². The van der Waals surface area contributed by atoms with Crippen molar-refractivity contribution in [3.05, 3.63) is 29.8 Å². The largest absolute Gasteiger partial charge is 0.480 e. The van der Waals surface area contributed by atoms with Crippen LogP contribution in [0.3, 0.4) is 0 Å². The van der Waals surface area contributed by atoms with Gasteiger partial charge in [0.15, 0.2) is 0 Å². The first-order chi connectivity index (χ1) is 8.40. The van der Waals surface area contributed by atoms with Gasteiger partial charge >= 0.3 is 5.97 Å². The van der Waals surface area contributed by atoms with Crippen LogP contribution >= 0.6 is 0 Å². The summed E-state index contributed by atoms with van der Waals surface area (Å²) in [6.07, 6.45) is 0. The second-order valence-corrected chi connectivity index (χ2v) is 4.35. The molecule has 1 amide bonds. The molecular weight excluding hydrogens is 232 g/mol. The average Bonchev–Trinajstić information content (AvgIpc) is 2.27. The highest BCUT2D eigenvalue weighted by Crippen LogP contribution is 2.09. The molecular formula is C13H18N2O3. The van der Waals surface area contributed by atoms with Gasteiger partial charge in [-0.2, -0.15) is 0 Å². The lowest BCUT2D eigenvalue weighted by Gasteiger charge is -2.20. The summed E-state index contributed by atoms with van der Waals surface area (Å²) in [6, 6.07) is 6.76. The van der Waals surface area contributed by atoms with Crippen molar-refractivity contribution < 1.29 is 14.7 Å². The van der Waals surface area contributed by atoms with E-state index in [1.165, 1.54) is 4.90 Å². The molecule has 0 radical (unpaired) electrons. The number of hydrogen-bond acceptors (Lipinski definition) is 3. The van der Waals surface area contributed by atoms with Crippen LogP contribution in [0.5, 0.6) is 0 Å². The quantitative estimate of drug-likeness (QED) is 0.827. The van der Waals surface area contributed by atoms with Crippen LogP contribution in [0.4, 0.5) is 5.69 Å². The molecule has 0 saturated heterocycles. The third-order valence-electron chi connectivity index (χ3n) is 2.71. The maximum absolute atomic E-state index is 11.7. The molecule has 0 aliphatic heterocycles. The predicted octanol–water partition coefficient (Wildman–Crippen LogP) is 1.34. The van der Waals surface area contributed by atoms with E-state index < -0.39 is 12.0 Å². The van der Waals surface area contributed by atoms with Crippen molar-refractivity contribution in [2.24, 2.45) is 0 Å². The normalized spacial score (nSPS) is 12.2. The van der Waals surface area contributed by atoms with Crippen molar-refractivity contribution in [2.75, 3.05) is 18.9 Å². The molecule has 0 saturated carbocycles. The minimum atomic E-state index is -0.944. The summed E-state index contributed by atoms with van der Waals surface area (Å²) in [7, 11) is 1.61. The Hall–Kier alpha value is -1.88. The fourth-order valence-electron chi connectivity index (χ4n) is 1.48. The molecule has 0 fully saturated rings. The molecule has 0 aromatic heterocycles. The lowest BCUT2D eigenvalue weighted by molar-refractivity contribution is -0.142. The smallest absolute Gasteiger partial charge is 0.320 e. The van der Waals surface area contributed by atoms with E-state index >= 15 is 0 Å². The summed E-state index contributed by atoms with van der Waals surface area (Å²) in [5, 5.41) is 11.6. The molecule has 1 atom stereocenters. The molecule has 1 aromatic rings. The number of likely N-dealkylation sites (N-methyl/N-ethyl adjacent to an activating group) is 1. The van der Waals surface area contributed by atoms with Gasteiger partial charge in [-0.15, -0.1) is 0 Å². The van der Waals surface area contributed by atoms with Crippen molar-refractivity contribution >= 4 is 17.6 Å². The van der Waals surface area contributed by atoms with Crippen molar-refractivity contribution in [3.8, 4) is 0 Å². The number of carbonyl (C=O) groups is 2. The first-order valence-corrected chi connectivity index (χ1v) is 5.69. The van der Waals surface area contributed by atoms with Crippen LogP contribution in [0.25, 0.3) is 0 Å². The third-order valence-corrected chi connectivity index (χ3v) is 2.71. The Kier molecular flexibility index (Phi) is 4.85. The predicted molar refractivity (Wildman–Crippen MR) is 69.5 cm³/mol. The third kappa shape index (κ3) is 4.18. The standard InChI is InChI=1S/C13H18N2O3/c1-9-5-4-6-11(7-9)14-12(16)8-15(3)10(2)13(17)18/h4-7,10H,8H2,1-3H3,(H,14,16)(H,17,18). The highest BCUT2D eigenvalue weighted by molar-refractivity contribution is 5.92. The number of nitrogens with one attached hydrogen (secondary N) is 1. The summed E-state index contributed by atoms with van der Waals surface area (Å²) < 4.78 is 0. The molecule has 2 N–H and O–H groups in total. The van der Waals surface area contributed by atoms with Gasteiger partial charge in [-0.05, 0) is 38.6 Å². The van der Waals surface area contributed by atoms with Gasteiger partial charge < -0.3 is 10.4 Å². The number of benzene rings is 1. The molecule has 0 spiro atoms. The second kappa shape index (κ2) is 6.16. The summed E-state index contributed by atoms with van der Waals surface area (Å²) in [4.78, 5) is 23.9. The van der Waals surface area contributed by atoms with Gasteiger partial charge in [0.05, 0.1) is 6.54 Å². The molecule has 5 nitrogen and oxygen atoms in total. The molecule has 5 heteroatoms. The number of anilines is 1. The number of carboxylic acids is 1. The van der Waals surface area contributed by atoms with Gasteiger partial charge in [0.25, 0.3) is 0 Å². The molecule has 18 heavy (non-hydrogen) atoms. The van der Waals surface area contributed by atoms with Crippen LogP contribution < -0.4 is 5.32 Å². The van der Waals surface area contributed by atoms with E-state index in [-0.39, 0.29) is 12.5 Å². The van der Waals surface area contributed by atoms with E-state index in [1.54, 1.807) is 20.0 Å². The van der Waals surface area contributed by atoms with E-state index in [2.05, 4.69) is 5.32 Å². The second-order valence-electron chi connectivity index (χ2n) is 4.35. The number of carboxylic acid groups (broad SMARTS) is 1. The molecule has 1 aromatic carbocycles. The van der Waals surface area contributed by atoms with E-state index in [1.807, 2.05) is 25.1 Å². The molecule has 1 rings (SSSR count). The van der Waals surface area contributed by atoms with Crippen molar-refractivity contribution in [2.45, 2.75) is 19.9 Å². The summed E-state index contributed by atoms with van der Waals surface area (Å²) in [5.41, 5.74) is 1.77. The zero-order valence-electron chi connectivity index (χ0n) is 10.8. The van der Waals surface area contributed by atoms with Gasteiger partial charge in [-0.3, -0.25) is 14.5 Å². The van der Waals surface area contributed by atoms with Gasteiger partial charge in [0.2, 0.25) is 5.91 Å². The lowest BCUT2D eigenvalue weighted by atomic mass is 10.2. The SMILES string of the molecule is Cc1cccc(NC(=O)CN(C)C(C)C(=O)O)c1. The Morgan fingerprint density at radius 3 is 2.67 bits per heavy atom.